The zero-order valence-corrected chi connectivity index (χ0v) is 14.0. The summed E-state index contributed by atoms with van der Waals surface area (Å²) in [5, 5.41) is 11.0. The third-order valence-corrected chi connectivity index (χ3v) is 4.11. The number of fused-ring (bicyclic) bond motifs is 1. The Morgan fingerprint density at radius 1 is 1.28 bits per heavy atom. The Balaban J connectivity index is 1.88. The standard InChI is InChI=1S/C18H18N2O5/c1-12-18(21)19(10-13-3-6-16(24-2)7-4-13)11-14-9-15(20(22)23)5-8-17(14)25-12/h3-9,12H,10-11H2,1-2H3. The highest BCUT2D eigenvalue weighted by molar-refractivity contribution is 5.81. The quantitative estimate of drug-likeness (QED) is 0.630. The molecule has 3 rings (SSSR count). The van der Waals surface area contributed by atoms with Gasteiger partial charge in [-0.3, -0.25) is 14.9 Å². The highest BCUT2D eigenvalue weighted by Crippen LogP contribution is 2.30. The summed E-state index contributed by atoms with van der Waals surface area (Å²) in [6.45, 7) is 2.32. The van der Waals surface area contributed by atoms with Gasteiger partial charge in [-0.1, -0.05) is 12.1 Å². The molecule has 1 amide bonds. The number of nitro groups is 1. The molecule has 2 aromatic carbocycles. The van der Waals surface area contributed by atoms with E-state index in [0.717, 1.165) is 11.3 Å². The number of nitrogens with zero attached hydrogens (tertiary/aromatic N) is 2. The Kier molecular flexibility index (Phi) is 4.56. The number of rotatable bonds is 4. The van der Waals surface area contributed by atoms with E-state index in [0.29, 0.717) is 17.9 Å². The molecule has 0 N–H and O–H groups in total. The van der Waals surface area contributed by atoms with Crippen LogP contribution in [-0.2, 0) is 17.9 Å². The van der Waals surface area contributed by atoms with Crippen molar-refractivity contribution < 1.29 is 19.2 Å². The fraction of sp³-hybridized carbons (Fsp3) is 0.278. The molecule has 7 heteroatoms. The number of nitro benzene ring substituents is 1. The molecule has 1 aliphatic rings. The second-order valence-electron chi connectivity index (χ2n) is 5.85. The predicted molar refractivity (Wildman–Crippen MR) is 90.4 cm³/mol. The average Bonchev–Trinajstić information content (AvgIpc) is 2.72. The smallest absolute Gasteiger partial charge is 0.270 e. The fourth-order valence-corrected chi connectivity index (χ4v) is 2.78. The van der Waals surface area contributed by atoms with E-state index < -0.39 is 11.0 Å². The molecule has 7 nitrogen and oxygen atoms in total. The molecule has 1 unspecified atom stereocenters. The minimum atomic E-state index is -0.652. The number of benzene rings is 2. The summed E-state index contributed by atoms with van der Waals surface area (Å²) in [6, 6.07) is 11.8. The molecule has 0 aliphatic carbocycles. The molecule has 0 aromatic heterocycles. The van der Waals surface area contributed by atoms with E-state index in [4.69, 9.17) is 9.47 Å². The largest absolute Gasteiger partial charge is 0.497 e. The highest BCUT2D eigenvalue weighted by Gasteiger charge is 2.28. The third kappa shape index (κ3) is 3.55. The van der Waals surface area contributed by atoms with Crippen LogP contribution < -0.4 is 9.47 Å². The molecule has 0 fully saturated rings. The molecule has 0 saturated carbocycles. The Bertz CT molecular complexity index is 804. The first-order chi connectivity index (χ1) is 12.0. The number of hydrogen-bond donors (Lipinski definition) is 0. The van der Waals surface area contributed by atoms with Crippen molar-refractivity contribution in [2.24, 2.45) is 0 Å². The number of ether oxygens (including phenoxy) is 2. The van der Waals surface area contributed by atoms with E-state index in [1.165, 1.54) is 12.1 Å². The molecular formula is C18H18N2O5. The van der Waals surface area contributed by atoms with E-state index in [9.17, 15) is 14.9 Å². The van der Waals surface area contributed by atoms with E-state index in [1.807, 2.05) is 24.3 Å². The number of hydrogen-bond acceptors (Lipinski definition) is 5. The van der Waals surface area contributed by atoms with E-state index in [-0.39, 0.29) is 18.1 Å². The van der Waals surface area contributed by atoms with Gasteiger partial charge in [-0.15, -0.1) is 0 Å². The Hall–Kier alpha value is -3.09. The molecule has 130 valence electrons. The lowest BCUT2D eigenvalue weighted by Gasteiger charge is -2.22. The van der Waals surface area contributed by atoms with Crippen LogP contribution in [0.25, 0.3) is 0 Å². The van der Waals surface area contributed by atoms with Crippen LogP contribution in [0.5, 0.6) is 11.5 Å². The van der Waals surface area contributed by atoms with Crippen LogP contribution >= 0.6 is 0 Å². The molecular weight excluding hydrogens is 324 g/mol. The zero-order valence-electron chi connectivity index (χ0n) is 14.0. The van der Waals surface area contributed by atoms with Gasteiger partial charge in [0.25, 0.3) is 11.6 Å². The summed E-state index contributed by atoms with van der Waals surface area (Å²) >= 11 is 0. The lowest BCUT2D eigenvalue weighted by atomic mass is 10.1. The molecule has 1 aliphatic heterocycles. The first-order valence-electron chi connectivity index (χ1n) is 7.83. The van der Waals surface area contributed by atoms with Gasteiger partial charge in [0.1, 0.15) is 11.5 Å². The van der Waals surface area contributed by atoms with Crippen LogP contribution in [0.2, 0.25) is 0 Å². The number of carbonyl (C=O) groups is 1. The summed E-state index contributed by atoms with van der Waals surface area (Å²) in [6.07, 6.45) is -0.652. The number of non-ortho nitro benzene ring substituents is 1. The lowest BCUT2D eigenvalue weighted by molar-refractivity contribution is -0.384. The average molecular weight is 342 g/mol. The summed E-state index contributed by atoms with van der Waals surface area (Å²) < 4.78 is 10.8. The SMILES string of the molecule is COc1ccc(CN2Cc3cc([N+](=O)[O-])ccc3OC(C)C2=O)cc1. The van der Waals surface area contributed by atoms with Crippen LogP contribution in [0.15, 0.2) is 42.5 Å². The van der Waals surface area contributed by atoms with E-state index in [1.54, 1.807) is 25.0 Å². The Morgan fingerprint density at radius 2 is 2.00 bits per heavy atom. The van der Waals surface area contributed by atoms with Gasteiger partial charge in [0, 0.05) is 24.2 Å². The lowest BCUT2D eigenvalue weighted by Crippen LogP contribution is -2.37. The molecule has 0 bridgehead atoms. The number of methoxy groups -OCH3 is 1. The van der Waals surface area contributed by atoms with Crippen molar-refractivity contribution in [2.45, 2.75) is 26.1 Å². The Labute approximate surface area is 144 Å². The maximum Gasteiger partial charge on any atom is 0.270 e. The van der Waals surface area contributed by atoms with Crippen molar-refractivity contribution >= 4 is 11.6 Å². The summed E-state index contributed by atoms with van der Waals surface area (Å²) in [4.78, 5) is 24.8. The minimum Gasteiger partial charge on any atom is -0.497 e. The van der Waals surface area contributed by atoms with Gasteiger partial charge in [-0.25, -0.2) is 0 Å². The maximum atomic E-state index is 12.6. The molecule has 2 aromatic rings. The number of carbonyl (C=O) groups excluding carboxylic acids is 1. The summed E-state index contributed by atoms with van der Waals surface area (Å²) in [7, 11) is 1.59. The van der Waals surface area contributed by atoms with Crippen LogP contribution in [0, 0.1) is 10.1 Å². The van der Waals surface area contributed by atoms with Gasteiger partial charge >= 0.3 is 0 Å². The summed E-state index contributed by atoms with van der Waals surface area (Å²) in [5.74, 6) is 1.09. The van der Waals surface area contributed by atoms with E-state index >= 15 is 0 Å². The first-order valence-corrected chi connectivity index (χ1v) is 7.83. The predicted octanol–water partition coefficient (Wildman–Crippen LogP) is 2.91. The Morgan fingerprint density at radius 3 is 2.64 bits per heavy atom. The molecule has 1 heterocycles. The minimum absolute atomic E-state index is 0.0197. The van der Waals surface area contributed by atoms with Gasteiger partial charge in [0.15, 0.2) is 6.10 Å². The molecule has 1 atom stereocenters. The van der Waals surface area contributed by atoms with Gasteiger partial charge in [0.05, 0.1) is 18.6 Å². The van der Waals surface area contributed by atoms with E-state index in [2.05, 4.69) is 0 Å². The van der Waals surface area contributed by atoms with Crippen molar-refractivity contribution in [3.8, 4) is 11.5 Å². The molecule has 25 heavy (non-hydrogen) atoms. The van der Waals surface area contributed by atoms with Crippen molar-refractivity contribution in [1.82, 2.24) is 4.90 Å². The van der Waals surface area contributed by atoms with Gasteiger partial charge in [-0.05, 0) is 30.7 Å². The van der Waals surface area contributed by atoms with Gasteiger partial charge < -0.3 is 14.4 Å². The van der Waals surface area contributed by atoms with Gasteiger partial charge in [-0.2, -0.15) is 0 Å². The van der Waals surface area contributed by atoms with Crippen molar-refractivity contribution in [3.63, 3.8) is 0 Å². The summed E-state index contributed by atoms with van der Waals surface area (Å²) in [5.41, 5.74) is 1.55. The third-order valence-electron chi connectivity index (χ3n) is 4.11. The zero-order chi connectivity index (χ0) is 18.0. The second-order valence-corrected chi connectivity index (χ2v) is 5.85. The molecule has 0 saturated heterocycles. The molecule has 0 radical (unpaired) electrons. The topological polar surface area (TPSA) is 81.9 Å². The highest BCUT2D eigenvalue weighted by atomic mass is 16.6. The van der Waals surface area contributed by atoms with Crippen molar-refractivity contribution in [3.05, 3.63) is 63.7 Å². The van der Waals surface area contributed by atoms with Gasteiger partial charge in [0.2, 0.25) is 0 Å². The fourth-order valence-electron chi connectivity index (χ4n) is 2.78. The monoisotopic (exact) mass is 342 g/mol. The van der Waals surface area contributed by atoms with Crippen molar-refractivity contribution in [1.29, 1.82) is 0 Å². The van der Waals surface area contributed by atoms with Crippen LogP contribution in [0.3, 0.4) is 0 Å². The van der Waals surface area contributed by atoms with Crippen LogP contribution in [0.4, 0.5) is 5.69 Å². The molecule has 0 spiro atoms. The van der Waals surface area contributed by atoms with Crippen LogP contribution in [-0.4, -0.2) is 28.9 Å². The van der Waals surface area contributed by atoms with Crippen molar-refractivity contribution in [2.75, 3.05) is 7.11 Å². The second kappa shape index (κ2) is 6.80. The maximum absolute atomic E-state index is 12.6. The normalized spacial score (nSPS) is 16.6. The van der Waals surface area contributed by atoms with Crippen LogP contribution in [0.1, 0.15) is 18.1 Å². The number of amides is 1. The first kappa shape index (κ1) is 16.8.